The van der Waals surface area contributed by atoms with Gasteiger partial charge in [-0.05, 0) is 40.8 Å². The van der Waals surface area contributed by atoms with Crippen LogP contribution in [0.3, 0.4) is 0 Å². The number of carbonyl (C=O) groups excluding carboxylic acids is 2. The number of nitro benzene ring substituents is 1. The lowest BCUT2D eigenvalue weighted by Crippen LogP contribution is -2.37. The van der Waals surface area contributed by atoms with Gasteiger partial charge in [0.1, 0.15) is 5.92 Å². The van der Waals surface area contributed by atoms with E-state index in [-0.39, 0.29) is 16.8 Å². The van der Waals surface area contributed by atoms with Crippen LogP contribution in [0.4, 0.5) is 17.1 Å². The van der Waals surface area contributed by atoms with Crippen LogP contribution < -0.4 is 9.96 Å². The van der Waals surface area contributed by atoms with Gasteiger partial charge in [0.15, 0.2) is 6.10 Å². The van der Waals surface area contributed by atoms with Gasteiger partial charge in [-0.3, -0.25) is 24.5 Å². The van der Waals surface area contributed by atoms with Gasteiger partial charge in [-0.15, -0.1) is 0 Å². The topological polar surface area (TPSA) is 93.0 Å². The minimum atomic E-state index is -0.995. The van der Waals surface area contributed by atoms with E-state index in [1.807, 2.05) is 54.6 Å². The predicted octanol–water partition coefficient (Wildman–Crippen LogP) is 4.94. The number of rotatable bonds is 4. The van der Waals surface area contributed by atoms with Crippen LogP contribution in [0, 0.1) is 16.0 Å². The maximum Gasteiger partial charge on any atom is 0.269 e. The van der Waals surface area contributed by atoms with E-state index in [4.69, 9.17) is 4.84 Å². The number of nitro groups is 1. The Morgan fingerprint density at radius 1 is 0.829 bits per heavy atom. The molecule has 2 aliphatic rings. The molecule has 2 saturated heterocycles. The van der Waals surface area contributed by atoms with Crippen molar-refractivity contribution < 1.29 is 19.3 Å². The second kappa shape index (κ2) is 8.32. The number of nitrogens with zero attached hydrogens (tertiary/aromatic N) is 3. The van der Waals surface area contributed by atoms with Crippen LogP contribution >= 0.6 is 0 Å². The van der Waals surface area contributed by atoms with E-state index >= 15 is 0 Å². The van der Waals surface area contributed by atoms with Gasteiger partial charge < -0.3 is 0 Å². The Morgan fingerprint density at radius 2 is 1.46 bits per heavy atom. The molecule has 0 aromatic heterocycles. The smallest absolute Gasteiger partial charge is 0.269 e. The minimum absolute atomic E-state index is 0.0295. The molecule has 0 aliphatic carbocycles. The lowest BCUT2D eigenvalue weighted by molar-refractivity contribution is -0.384. The first-order valence-electron chi connectivity index (χ1n) is 11.4. The van der Waals surface area contributed by atoms with E-state index in [2.05, 4.69) is 20.8 Å². The molecule has 3 atom stereocenters. The molecule has 5 rings (SSSR count). The van der Waals surface area contributed by atoms with Crippen LogP contribution in [0.5, 0.6) is 0 Å². The molecule has 0 saturated carbocycles. The summed E-state index contributed by atoms with van der Waals surface area (Å²) in [4.78, 5) is 44.8. The van der Waals surface area contributed by atoms with E-state index < -0.39 is 34.8 Å². The highest BCUT2D eigenvalue weighted by molar-refractivity contribution is 6.23. The van der Waals surface area contributed by atoms with E-state index in [9.17, 15) is 19.7 Å². The maximum atomic E-state index is 13.7. The molecule has 3 aromatic carbocycles. The SMILES string of the molecule is CC(C)(C)c1ccc(C2C3C(=O)N(c4ccc([N+](=O)[O-])cc4)C(=O)C3ON2c2ccccc2)cc1. The minimum Gasteiger partial charge on any atom is -0.273 e. The Bertz CT molecular complexity index is 1280. The summed E-state index contributed by atoms with van der Waals surface area (Å²) >= 11 is 0. The predicted molar refractivity (Wildman–Crippen MR) is 131 cm³/mol. The van der Waals surface area contributed by atoms with Gasteiger partial charge >= 0.3 is 0 Å². The Hall–Kier alpha value is -4.04. The first-order valence-corrected chi connectivity index (χ1v) is 11.4. The fourth-order valence-electron chi connectivity index (χ4n) is 4.71. The third-order valence-electron chi connectivity index (χ3n) is 6.56. The number of non-ortho nitro benzene ring substituents is 1. The highest BCUT2D eigenvalue weighted by Crippen LogP contribution is 2.47. The Balaban J connectivity index is 1.54. The number of hydroxylamine groups is 1. The number of para-hydroxylation sites is 1. The van der Waals surface area contributed by atoms with Crippen molar-refractivity contribution in [1.29, 1.82) is 0 Å². The summed E-state index contributed by atoms with van der Waals surface area (Å²) in [5.74, 6) is -1.64. The van der Waals surface area contributed by atoms with Crippen LogP contribution in [-0.2, 0) is 19.8 Å². The molecule has 2 amide bonds. The molecule has 8 heteroatoms. The fourth-order valence-corrected chi connectivity index (χ4v) is 4.71. The molecule has 2 aliphatic heterocycles. The van der Waals surface area contributed by atoms with Crippen molar-refractivity contribution >= 4 is 28.9 Å². The third-order valence-corrected chi connectivity index (χ3v) is 6.56. The van der Waals surface area contributed by atoms with Gasteiger partial charge in [0.25, 0.3) is 11.6 Å². The second-order valence-corrected chi connectivity index (χ2v) is 9.82. The molecular formula is C27H25N3O5. The zero-order valence-electron chi connectivity index (χ0n) is 19.6. The molecule has 8 nitrogen and oxygen atoms in total. The van der Waals surface area contributed by atoms with Crippen molar-refractivity contribution in [1.82, 2.24) is 0 Å². The molecule has 0 spiro atoms. The van der Waals surface area contributed by atoms with Crippen molar-refractivity contribution in [3.8, 4) is 0 Å². The van der Waals surface area contributed by atoms with Crippen molar-refractivity contribution in [3.63, 3.8) is 0 Å². The van der Waals surface area contributed by atoms with Gasteiger partial charge in [-0.2, -0.15) is 0 Å². The van der Waals surface area contributed by atoms with Crippen LogP contribution in [0.15, 0.2) is 78.9 Å². The summed E-state index contributed by atoms with van der Waals surface area (Å²) in [5, 5.41) is 12.7. The van der Waals surface area contributed by atoms with Gasteiger partial charge in [0.05, 0.1) is 22.3 Å². The molecule has 2 heterocycles. The lowest BCUT2D eigenvalue weighted by Gasteiger charge is -2.29. The average Bonchev–Trinajstić information content (AvgIpc) is 3.35. The van der Waals surface area contributed by atoms with Crippen LogP contribution in [-0.4, -0.2) is 22.8 Å². The Labute approximate surface area is 202 Å². The van der Waals surface area contributed by atoms with Gasteiger partial charge in [-0.1, -0.05) is 63.2 Å². The number of hydrogen-bond donors (Lipinski definition) is 0. The second-order valence-electron chi connectivity index (χ2n) is 9.82. The average molecular weight is 472 g/mol. The van der Waals surface area contributed by atoms with Gasteiger partial charge in [-0.25, -0.2) is 9.96 Å². The van der Waals surface area contributed by atoms with Crippen LogP contribution in [0.2, 0.25) is 0 Å². The monoisotopic (exact) mass is 471 g/mol. The highest BCUT2D eigenvalue weighted by atomic mass is 16.7. The van der Waals surface area contributed by atoms with Crippen molar-refractivity contribution in [2.75, 3.05) is 9.96 Å². The number of imide groups is 1. The highest BCUT2D eigenvalue weighted by Gasteiger charge is 2.60. The zero-order chi connectivity index (χ0) is 24.9. The van der Waals surface area contributed by atoms with Crippen molar-refractivity contribution in [3.05, 3.63) is 100 Å². The number of hydrogen-bond acceptors (Lipinski definition) is 6. The third kappa shape index (κ3) is 3.85. The summed E-state index contributed by atoms with van der Waals surface area (Å²) in [5.41, 5.74) is 2.91. The maximum absolute atomic E-state index is 13.7. The number of anilines is 2. The zero-order valence-corrected chi connectivity index (χ0v) is 19.6. The van der Waals surface area contributed by atoms with E-state index in [1.54, 1.807) is 5.06 Å². The standard InChI is InChI=1S/C27H25N3O5/c1-27(2,3)18-11-9-17(10-12-18)23-22-24(35-29(23)20-7-5-4-6-8-20)26(32)28(25(22)31)19-13-15-21(16-14-19)30(33)34/h4-16,22-24H,1-3H3. The summed E-state index contributed by atoms with van der Waals surface area (Å²) in [6.07, 6.45) is -0.995. The molecule has 3 aromatic rings. The molecule has 0 N–H and O–H groups in total. The van der Waals surface area contributed by atoms with E-state index in [1.165, 1.54) is 24.3 Å². The van der Waals surface area contributed by atoms with Crippen molar-refractivity contribution in [2.45, 2.75) is 38.3 Å². The normalized spacial score (nSPS) is 22.0. The summed E-state index contributed by atoms with van der Waals surface area (Å²) in [6, 6.07) is 22.3. The quantitative estimate of drug-likeness (QED) is 0.304. The van der Waals surface area contributed by atoms with Crippen LogP contribution in [0.1, 0.15) is 37.9 Å². The lowest BCUT2D eigenvalue weighted by atomic mass is 9.84. The Morgan fingerprint density at radius 3 is 2.03 bits per heavy atom. The summed E-state index contributed by atoms with van der Waals surface area (Å²) in [7, 11) is 0. The van der Waals surface area contributed by atoms with Crippen molar-refractivity contribution in [2.24, 2.45) is 5.92 Å². The van der Waals surface area contributed by atoms with E-state index in [0.29, 0.717) is 0 Å². The first-order chi connectivity index (χ1) is 16.7. The molecule has 3 unspecified atom stereocenters. The first kappa shape index (κ1) is 22.7. The summed E-state index contributed by atoms with van der Waals surface area (Å²) in [6.45, 7) is 6.40. The number of amides is 2. The molecular weight excluding hydrogens is 446 g/mol. The molecule has 0 bridgehead atoms. The van der Waals surface area contributed by atoms with Gasteiger partial charge in [0.2, 0.25) is 5.91 Å². The molecule has 178 valence electrons. The van der Waals surface area contributed by atoms with Gasteiger partial charge in [0, 0.05) is 12.1 Å². The number of benzene rings is 3. The summed E-state index contributed by atoms with van der Waals surface area (Å²) < 4.78 is 0. The molecule has 0 radical (unpaired) electrons. The van der Waals surface area contributed by atoms with Crippen LogP contribution in [0.25, 0.3) is 0 Å². The molecule has 2 fully saturated rings. The molecule has 35 heavy (non-hydrogen) atoms. The number of carbonyl (C=O) groups is 2. The Kier molecular flexibility index (Phi) is 5.40. The number of fused-ring (bicyclic) bond motifs is 1. The largest absolute Gasteiger partial charge is 0.273 e. The van der Waals surface area contributed by atoms with E-state index in [0.717, 1.165) is 21.7 Å². The fraction of sp³-hybridized carbons (Fsp3) is 0.259.